The zero-order valence-electron chi connectivity index (χ0n) is 12.2. The van der Waals surface area contributed by atoms with Gasteiger partial charge in [0.25, 0.3) is 0 Å². The van der Waals surface area contributed by atoms with Crippen molar-refractivity contribution < 1.29 is 9.53 Å². The molecule has 1 amide bonds. The van der Waals surface area contributed by atoms with Crippen molar-refractivity contribution in [3.63, 3.8) is 0 Å². The number of carbonyl (C=O) groups excluding carboxylic acids is 1. The Bertz CT molecular complexity index is 402. The van der Waals surface area contributed by atoms with Crippen molar-refractivity contribution in [1.82, 2.24) is 10.2 Å². The first-order valence-corrected chi connectivity index (χ1v) is 7.48. The third-order valence-electron chi connectivity index (χ3n) is 3.67. The van der Waals surface area contributed by atoms with E-state index in [1.165, 1.54) is 12.8 Å². The molecule has 1 saturated heterocycles. The van der Waals surface area contributed by atoms with E-state index < -0.39 is 0 Å². The lowest BCUT2D eigenvalue weighted by Gasteiger charge is -2.24. The van der Waals surface area contributed by atoms with Crippen LogP contribution in [0.15, 0.2) is 30.3 Å². The Labute approximate surface area is 121 Å². The molecule has 1 aliphatic rings. The fourth-order valence-electron chi connectivity index (χ4n) is 2.52. The summed E-state index contributed by atoms with van der Waals surface area (Å²) in [5.41, 5.74) is 0. The fourth-order valence-corrected chi connectivity index (χ4v) is 2.52. The smallest absolute Gasteiger partial charge is 0.226 e. The van der Waals surface area contributed by atoms with E-state index in [4.69, 9.17) is 4.74 Å². The summed E-state index contributed by atoms with van der Waals surface area (Å²) in [5.74, 6) is 0.998. The fraction of sp³-hybridized carbons (Fsp3) is 0.562. The van der Waals surface area contributed by atoms with E-state index in [9.17, 15) is 4.79 Å². The second-order valence-corrected chi connectivity index (χ2v) is 5.14. The summed E-state index contributed by atoms with van der Waals surface area (Å²) in [6.45, 7) is 5.14. The number of hydrogen-bond donors (Lipinski definition) is 1. The Kier molecular flexibility index (Phi) is 5.87. The molecule has 1 N–H and O–H groups in total. The molecule has 4 heteroatoms. The average Bonchev–Trinajstić information content (AvgIpc) is 2.98. The van der Waals surface area contributed by atoms with Gasteiger partial charge in [-0.15, -0.1) is 0 Å². The van der Waals surface area contributed by atoms with Crippen LogP contribution in [0.25, 0.3) is 0 Å². The van der Waals surface area contributed by atoms with Gasteiger partial charge in [-0.25, -0.2) is 0 Å². The van der Waals surface area contributed by atoms with E-state index >= 15 is 0 Å². The topological polar surface area (TPSA) is 41.6 Å². The molecule has 4 nitrogen and oxygen atoms in total. The van der Waals surface area contributed by atoms with Gasteiger partial charge in [0.15, 0.2) is 0 Å². The lowest BCUT2D eigenvalue weighted by atomic mass is 10.2. The molecule has 0 aromatic heterocycles. The second kappa shape index (κ2) is 7.90. The summed E-state index contributed by atoms with van der Waals surface area (Å²) in [4.78, 5) is 14.1. The van der Waals surface area contributed by atoms with Gasteiger partial charge in [-0.1, -0.05) is 18.2 Å². The van der Waals surface area contributed by atoms with Crippen LogP contribution < -0.4 is 10.1 Å². The molecule has 1 aromatic carbocycles. The molecule has 1 atom stereocenters. The van der Waals surface area contributed by atoms with Crippen LogP contribution in [0.5, 0.6) is 5.75 Å². The first kappa shape index (κ1) is 14.9. The van der Waals surface area contributed by atoms with Gasteiger partial charge in [0, 0.05) is 19.1 Å². The molecule has 1 aliphatic heterocycles. The normalized spacial score (nSPS) is 17.9. The molecule has 1 heterocycles. The van der Waals surface area contributed by atoms with Gasteiger partial charge in [0.1, 0.15) is 5.75 Å². The summed E-state index contributed by atoms with van der Waals surface area (Å²) in [5, 5.41) is 3.43. The Hall–Kier alpha value is -1.55. The minimum absolute atomic E-state index is 0.178. The van der Waals surface area contributed by atoms with E-state index in [-0.39, 0.29) is 5.91 Å². The molecule has 1 unspecified atom stereocenters. The van der Waals surface area contributed by atoms with Gasteiger partial charge in [0.05, 0.1) is 13.0 Å². The highest BCUT2D eigenvalue weighted by Gasteiger charge is 2.20. The standard InChI is InChI=1S/C16H24N2O2/c1-2-18(13-14-7-6-11-17-14)16(19)10-12-20-15-8-4-3-5-9-15/h3-5,8-9,14,17H,2,6-7,10-13H2,1H3. The monoisotopic (exact) mass is 276 g/mol. The molecule has 1 aromatic rings. The Morgan fingerprint density at radius 2 is 2.20 bits per heavy atom. The van der Waals surface area contributed by atoms with Crippen molar-refractivity contribution in [2.75, 3.05) is 26.2 Å². The van der Waals surface area contributed by atoms with Crippen molar-refractivity contribution in [2.45, 2.75) is 32.2 Å². The number of nitrogens with zero attached hydrogens (tertiary/aromatic N) is 1. The van der Waals surface area contributed by atoms with Gasteiger partial charge in [0.2, 0.25) is 5.91 Å². The molecule has 0 spiro atoms. The van der Waals surface area contributed by atoms with Crippen LogP contribution in [-0.2, 0) is 4.79 Å². The molecular formula is C16H24N2O2. The largest absolute Gasteiger partial charge is 0.493 e. The number of carbonyl (C=O) groups is 1. The summed E-state index contributed by atoms with van der Waals surface area (Å²) in [7, 11) is 0. The van der Waals surface area contributed by atoms with Crippen LogP contribution in [0.3, 0.4) is 0 Å². The molecule has 2 rings (SSSR count). The molecule has 0 aliphatic carbocycles. The number of ether oxygens (including phenoxy) is 1. The highest BCUT2D eigenvalue weighted by molar-refractivity contribution is 5.76. The Morgan fingerprint density at radius 1 is 1.40 bits per heavy atom. The maximum absolute atomic E-state index is 12.2. The zero-order valence-corrected chi connectivity index (χ0v) is 12.2. The number of rotatable bonds is 7. The lowest BCUT2D eigenvalue weighted by molar-refractivity contribution is -0.131. The van der Waals surface area contributed by atoms with Crippen LogP contribution >= 0.6 is 0 Å². The van der Waals surface area contributed by atoms with E-state index in [1.54, 1.807) is 0 Å². The predicted octanol–water partition coefficient (Wildman–Crippen LogP) is 2.06. The third-order valence-corrected chi connectivity index (χ3v) is 3.67. The Balaban J connectivity index is 1.71. The summed E-state index contributed by atoms with van der Waals surface area (Å²) in [6, 6.07) is 10.1. The highest BCUT2D eigenvalue weighted by Crippen LogP contribution is 2.10. The van der Waals surface area contributed by atoms with Crippen LogP contribution in [0.4, 0.5) is 0 Å². The third kappa shape index (κ3) is 4.53. The molecule has 20 heavy (non-hydrogen) atoms. The number of likely N-dealkylation sites (N-methyl/N-ethyl adjacent to an activating group) is 1. The van der Waals surface area contributed by atoms with E-state index in [2.05, 4.69) is 5.32 Å². The molecule has 1 fully saturated rings. The lowest BCUT2D eigenvalue weighted by Crippen LogP contribution is -2.41. The Morgan fingerprint density at radius 3 is 2.85 bits per heavy atom. The minimum Gasteiger partial charge on any atom is -0.493 e. The molecule has 0 saturated carbocycles. The van der Waals surface area contributed by atoms with Crippen LogP contribution in [0, 0.1) is 0 Å². The van der Waals surface area contributed by atoms with Crippen LogP contribution in [-0.4, -0.2) is 43.1 Å². The molecule has 0 bridgehead atoms. The number of amides is 1. The van der Waals surface area contributed by atoms with Gasteiger partial charge < -0.3 is 15.0 Å². The summed E-state index contributed by atoms with van der Waals surface area (Å²) in [6.07, 6.45) is 2.83. The van der Waals surface area contributed by atoms with Crippen molar-refractivity contribution in [1.29, 1.82) is 0 Å². The van der Waals surface area contributed by atoms with Crippen LogP contribution in [0.1, 0.15) is 26.2 Å². The number of hydrogen-bond acceptors (Lipinski definition) is 3. The van der Waals surface area contributed by atoms with Gasteiger partial charge >= 0.3 is 0 Å². The predicted molar refractivity (Wildman–Crippen MR) is 79.8 cm³/mol. The number of benzene rings is 1. The minimum atomic E-state index is 0.178. The summed E-state index contributed by atoms with van der Waals surface area (Å²) < 4.78 is 5.58. The van der Waals surface area contributed by atoms with Crippen molar-refractivity contribution in [2.24, 2.45) is 0 Å². The van der Waals surface area contributed by atoms with Crippen molar-refractivity contribution >= 4 is 5.91 Å². The van der Waals surface area contributed by atoms with Gasteiger partial charge in [-0.05, 0) is 38.4 Å². The van der Waals surface area contributed by atoms with E-state index in [0.29, 0.717) is 19.1 Å². The maximum Gasteiger partial charge on any atom is 0.226 e. The highest BCUT2D eigenvalue weighted by atomic mass is 16.5. The van der Waals surface area contributed by atoms with E-state index in [0.717, 1.165) is 25.4 Å². The number of para-hydroxylation sites is 1. The first-order valence-electron chi connectivity index (χ1n) is 7.48. The number of nitrogens with one attached hydrogen (secondary N) is 1. The first-order chi connectivity index (χ1) is 9.79. The molecule has 0 radical (unpaired) electrons. The van der Waals surface area contributed by atoms with Gasteiger partial charge in [-0.3, -0.25) is 4.79 Å². The van der Waals surface area contributed by atoms with Crippen molar-refractivity contribution in [3.05, 3.63) is 30.3 Å². The van der Waals surface area contributed by atoms with E-state index in [1.807, 2.05) is 42.2 Å². The quantitative estimate of drug-likeness (QED) is 0.829. The van der Waals surface area contributed by atoms with Gasteiger partial charge in [-0.2, -0.15) is 0 Å². The maximum atomic E-state index is 12.2. The molecule has 110 valence electrons. The SMILES string of the molecule is CCN(CC1CCCN1)C(=O)CCOc1ccccc1. The molecular weight excluding hydrogens is 252 g/mol. The zero-order chi connectivity index (χ0) is 14.2. The van der Waals surface area contributed by atoms with Crippen molar-refractivity contribution in [3.8, 4) is 5.75 Å². The van der Waals surface area contributed by atoms with Crippen LogP contribution in [0.2, 0.25) is 0 Å². The second-order valence-electron chi connectivity index (χ2n) is 5.14. The summed E-state index contributed by atoms with van der Waals surface area (Å²) >= 11 is 0. The average molecular weight is 276 g/mol.